The second-order valence-electron chi connectivity index (χ2n) is 7.42. The fourth-order valence-electron chi connectivity index (χ4n) is 3.29. The molecule has 35 heavy (non-hydrogen) atoms. The minimum atomic E-state index is -1.44. The molecule has 0 aliphatic rings. The van der Waals surface area contributed by atoms with Gasteiger partial charge in [-0.05, 0) is 36.2 Å². The first-order valence-electron chi connectivity index (χ1n) is 10.4. The third-order valence-corrected chi connectivity index (χ3v) is 5.86. The zero-order valence-corrected chi connectivity index (χ0v) is 20.6. The van der Waals surface area contributed by atoms with Crippen LogP contribution < -0.4 is 20.1 Å². The van der Waals surface area contributed by atoms with Crippen LogP contribution in [0, 0.1) is 0 Å². The number of amides is 1. The molecule has 0 fully saturated rings. The molecule has 3 aromatic rings. The third kappa shape index (κ3) is 6.09. The summed E-state index contributed by atoms with van der Waals surface area (Å²) in [6, 6.07) is 11.5. The maximum Gasteiger partial charge on any atom is 0.329 e. The van der Waals surface area contributed by atoms with Gasteiger partial charge in [0.2, 0.25) is 5.95 Å². The Morgan fingerprint density at radius 1 is 0.971 bits per heavy atom. The van der Waals surface area contributed by atoms with Gasteiger partial charge in [-0.15, -0.1) is 4.98 Å². The van der Waals surface area contributed by atoms with E-state index in [4.69, 9.17) is 32.7 Å². The lowest BCUT2D eigenvalue weighted by Gasteiger charge is -2.29. The zero-order chi connectivity index (χ0) is 25.6. The Balaban J connectivity index is 1.81. The zero-order valence-electron chi connectivity index (χ0n) is 19.1. The van der Waals surface area contributed by atoms with Gasteiger partial charge in [0.1, 0.15) is 5.54 Å². The van der Waals surface area contributed by atoms with Gasteiger partial charge in [-0.2, -0.15) is 9.97 Å². The normalized spacial score (nSPS) is 12.4. The lowest BCUT2D eigenvalue weighted by Crippen LogP contribution is -2.48. The molecule has 1 atom stereocenters. The van der Waals surface area contributed by atoms with Crippen molar-refractivity contribution in [3.8, 4) is 12.0 Å². The summed E-state index contributed by atoms with van der Waals surface area (Å²) in [4.78, 5) is 37.0. The summed E-state index contributed by atoms with van der Waals surface area (Å²) in [7, 11) is 2.76. The molecule has 0 aliphatic carbocycles. The quantitative estimate of drug-likeness (QED) is 0.357. The van der Waals surface area contributed by atoms with E-state index in [0.717, 1.165) is 0 Å². The molecule has 0 unspecified atom stereocenters. The Labute approximate surface area is 211 Å². The molecule has 1 amide bonds. The van der Waals surface area contributed by atoms with E-state index in [9.17, 15) is 14.7 Å². The van der Waals surface area contributed by atoms with Crippen LogP contribution in [0.2, 0.25) is 10.0 Å². The number of carbonyl (C=O) groups excluding carboxylic acids is 1. The van der Waals surface area contributed by atoms with E-state index in [0.29, 0.717) is 11.3 Å². The van der Waals surface area contributed by atoms with Gasteiger partial charge < -0.3 is 25.2 Å². The molecule has 0 radical (unpaired) electrons. The molecule has 10 nitrogen and oxygen atoms in total. The molecule has 12 heteroatoms. The minimum Gasteiger partial charge on any atom is -0.479 e. The van der Waals surface area contributed by atoms with E-state index in [-0.39, 0.29) is 46.4 Å². The van der Waals surface area contributed by atoms with Crippen molar-refractivity contribution in [1.82, 2.24) is 15.0 Å². The molecular formula is C23H23Cl2N5O5. The average molecular weight is 520 g/mol. The topological polar surface area (TPSA) is 136 Å². The molecule has 0 saturated carbocycles. The number of anilines is 2. The van der Waals surface area contributed by atoms with E-state index < -0.39 is 17.4 Å². The van der Waals surface area contributed by atoms with Crippen LogP contribution in [0.4, 0.5) is 11.6 Å². The molecule has 3 rings (SSSR count). The van der Waals surface area contributed by atoms with Gasteiger partial charge in [-0.25, -0.2) is 4.79 Å². The van der Waals surface area contributed by atoms with Crippen LogP contribution in [0.1, 0.15) is 29.3 Å². The number of carboxylic acids is 1. The van der Waals surface area contributed by atoms with Gasteiger partial charge in [-0.3, -0.25) is 4.79 Å². The number of hydrogen-bond acceptors (Lipinski definition) is 8. The maximum absolute atomic E-state index is 12.6. The molecule has 1 aromatic heterocycles. The van der Waals surface area contributed by atoms with E-state index in [1.165, 1.54) is 14.2 Å². The number of halogens is 2. The van der Waals surface area contributed by atoms with Crippen LogP contribution in [0.3, 0.4) is 0 Å². The first-order valence-corrected chi connectivity index (χ1v) is 11.2. The summed E-state index contributed by atoms with van der Waals surface area (Å²) in [6.45, 7) is 1.73. The molecule has 1 heterocycles. The number of methoxy groups -OCH3 is 2. The van der Waals surface area contributed by atoms with Crippen LogP contribution in [0.5, 0.6) is 12.0 Å². The van der Waals surface area contributed by atoms with Crippen molar-refractivity contribution < 1.29 is 24.2 Å². The highest BCUT2D eigenvalue weighted by Crippen LogP contribution is 2.27. The second-order valence-corrected chi connectivity index (χ2v) is 8.24. The van der Waals surface area contributed by atoms with Gasteiger partial charge in [0.05, 0.1) is 29.8 Å². The van der Waals surface area contributed by atoms with Crippen LogP contribution in [0.25, 0.3) is 0 Å². The van der Waals surface area contributed by atoms with E-state index in [2.05, 4.69) is 25.6 Å². The second kappa shape index (κ2) is 11.2. The highest BCUT2D eigenvalue weighted by molar-refractivity contribution is 6.40. The summed E-state index contributed by atoms with van der Waals surface area (Å²) in [5.41, 5.74) is -0.0773. The largest absolute Gasteiger partial charge is 0.479 e. The number of nitrogens with zero attached hydrogens (tertiary/aromatic N) is 3. The van der Waals surface area contributed by atoms with Crippen LogP contribution in [-0.4, -0.2) is 51.7 Å². The predicted octanol–water partition coefficient (Wildman–Crippen LogP) is 4.34. The van der Waals surface area contributed by atoms with E-state index in [1.54, 1.807) is 49.4 Å². The number of aromatic nitrogens is 3. The molecule has 2 aromatic carbocycles. The van der Waals surface area contributed by atoms with Crippen molar-refractivity contribution in [2.45, 2.75) is 25.3 Å². The van der Waals surface area contributed by atoms with Crippen molar-refractivity contribution in [3.63, 3.8) is 0 Å². The van der Waals surface area contributed by atoms with Crippen molar-refractivity contribution in [1.29, 1.82) is 0 Å². The number of aliphatic carboxylic acids is 1. The summed E-state index contributed by atoms with van der Waals surface area (Å²) in [5, 5.41) is 16.2. The van der Waals surface area contributed by atoms with Crippen LogP contribution in [-0.2, 0) is 11.2 Å². The Hall–Kier alpha value is -3.63. The Kier molecular flexibility index (Phi) is 8.31. The fraction of sp³-hybridized carbons (Fsp3) is 0.261. The van der Waals surface area contributed by atoms with E-state index in [1.807, 2.05) is 0 Å². The SMILES string of the molecule is CC[C@@](Cc1ccc(NC(=O)c2c(Cl)cccc2Cl)cc1)(Nc1nc(OC)nc(OC)n1)C(=O)O. The number of carbonyl (C=O) groups is 2. The highest BCUT2D eigenvalue weighted by atomic mass is 35.5. The van der Waals surface area contributed by atoms with Gasteiger partial charge >= 0.3 is 18.0 Å². The molecular weight excluding hydrogens is 497 g/mol. The molecule has 0 bridgehead atoms. The minimum absolute atomic E-state index is 0.00143. The number of benzene rings is 2. The fourth-order valence-corrected chi connectivity index (χ4v) is 3.86. The van der Waals surface area contributed by atoms with Crippen molar-refractivity contribution >= 4 is 46.7 Å². The van der Waals surface area contributed by atoms with Gasteiger partial charge in [-0.1, -0.05) is 48.3 Å². The van der Waals surface area contributed by atoms with Crippen LogP contribution in [0.15, 0.2) is 42.5 Å². The third-order valence-electron chi connectivity index (χ3n) is 5.23. The summed E-state index contributed by atoms with van der Waals surface area (Å²) >= 11 is 12.2. The highest BCUT2D eigenvalue weighted by Gasteiger charge is 2.38. The van der Waals surface area contributed by atoms with Crippen LogP contribution >= 0.6 is 23.2 Å². The monoisotopic (exact) mass is 519 g/mol. The van der Waals surface area contributed by atoms with Gasteiger partial charge in [0, 0.05) is 12.1 Å². The molecule has 0 aliphatic heterocycles. The number of nitrogens with one attached hydrogen (secondary N) is 2. The maximum atomic E-state index is 12.6. The van der Waals surface area contributed by atoms with Gasteiger partial charge in [0.25, 0.3) is 5.91 Å². The Morgan fingerprint density at radius 3 is 2.03 bits per heavy atom. The molecule has 184 valence electrons. The Bertz CT molecular complexity index is 1180. The molecule has 0 spiro atoms. The van der Waals surface area contributed by atoms with E-state index >= 15 is 0 Å². The number of rotatable bonds is 10. The molecule has 3 N–H and O–H groups in total. The Morgan fingerprint density at radius 2 is 1.54 bits per heavy atom. The van der Waals surface area contributed by atoms with Crippen molar-refractivity contribution in [2.24, 2.45) is 0 Å². The van der Waals surface area contributed by atoms with Gasteiger partial charge in [0.15, 0.2) is 0 Å². The smallest absolute Gasteiger partial charge is 0.329 e. The van der Waals surface area contributed by atoms with Crippen molar-refractivity contribution in [3.05, 3.63) is 63.6 Å². The first-order chi connectivity index (χ1) is 16.7. The lowest BCUT2D eigenvalue weighted by molar-refractivity contribution is -0.142. The predicted molar refractivity (Wildman–Crippen MR) is 132 cm³/mol. The number of carboxylic acid groups (broad SMARTS) is 1. The standard InChI is InChI=1S/C23H23Cl2N5O5/c1-4-23(19(32)33,30-20-27-21(34-2)29-22(28-20)35-3)12-13-8-10-14(11-9-13)26-18(31)17-15(24)6-5-7-16(17)25/h5-11H,4,12H2,1-3H3,(H,26,31)(H,32,33)(H,27,28,29,30)/t23-/m0/s1. The number of hydrogen-bond donors (Lipinski definition) is 3. The molecule has 0 saturated heterocycles. The van der Waals surface area contributed by atoms with Crippen molar-refractivity contribution in [2.75, 3.05) is 24.9 Å². The number of ether oxygens (including phenoxy) is 2. The summed E-state index contributed by atoms with van der Waals surface area (Å²) in [6.07, 6.45) is 0.307. The average Bonchev–Trinajstić information content (AvgIpc) is 2.84. The lowest BCUT2D eigenvalue weighted by atomic mass is 9.88. The first kappa shape index (κ1) is 26.0. The summed E-state index contributed by atoms with van der Waals surface area (Å²) in [5.74, 6) is -1.55. The summed E-state index contributed by atoms with van der Waals surface area (Å²) < 4.78 is 10.1.